The second kappa shape index (κ2) is 9.55. The van der Waals surface area contributed by atoms with Crippen molar-refractivity contribution in [2.75, 3.05) is 5.32 Å². The molecule has 3 N–H and O–H groups in total. The van der Waals surface area contributed by atoms with E-state index in [1.807, 2.05) is 42.7 Å². The van der Waals surface area contributed by atoms with Gasteiger partial charge in [0.2, 0.25) is 0 Å². The van der Waals surface area contributed by atoms with E-state index in [1.54, 1.807) is 12.1 Å². The van der Waals surface area contributed by atoms with Crippen molar-refractivity contribution >= 4 is 27.5 Å². The third-order valence-electron chi connectivity index (χ3n) is 6.75. The highest BCUT2D eigenvalue weighted by atomic mass is 19.1. The monoisotopic (exact) mass is 515 g/mol. The second-order valence-corrected chi connectivity index (χ2v) is 11.2. The van der Waals surface area contributed by atoms with Crippen LogP contribution in [-0.4, -0.2) is 20.2 Å². The number of halogens is 1. The summed E-state index contributed by atoms with van der Waals surface area (Å²) in [6.45, 7) is 10.8. The molecule has 5 nitrogen and oxygen atoms in total. The number of benzene rings is 3. The third-order valence-corrected chi connectivity index (χ3v) is 6.75. The number of rotatable bonds is 6. The van der Waals surface area contributed by atoms with Gasteiger partial charge >= 0.3 is 0 Å². The zero-order valence-corrected chi connectivity index (χ0v) is 22.3. The Morgan fingerprint density at radius 3 is 2.54 bits per heavy atom. The fourth-order valence-electron chi connectivity index (χ4n) is 5.14. The lowest BCUT2D eigenvalue weighted by atomic mass is 9.91. The molecule has 0 unspecified atom stereocenters. The molecule has 0 saturated carbocycles. The van der Waals surface area contributed by atoms with Gasteiger partial charge in [-0.05, 0) is 71.0 Å². The number of allylic oxidation sites excluding steroid dienone is 1. The molecule has 6 aromatic rings. The minimum absolute atomic E-state index is 0.151. The van der Waals surface area contributed by atoms with Gasteiger partial charge in [0, 0.05) is 33.7 Å². The SMILES string of the molecule is C=C(CC(C)(C)C)Nc1cncc(-c2ccc3[nH]nc(-c4cc5c(-c6cccc(F)c6)cccc5[nH]4)c3c2)c1. The molecule has 0 amide bonds. The maximum atomic E-state index is 14.0. The van der Waals surface area contributed by atoms with Gasteiger partial charge in [0.15, 0.2) is 0 Å². The van der Waals surface area contributed by atoms with Crippen LogP contribution in [-0.2, 0) is 0 Å². The molecule has 194 valence electrons. The largest absolute Gasteiger partial charge is 0.358 e. The maximum Gasteiger partial charge on any atom is 0.123 e. The van der Waals surface area contributed by atoms with E-state index in [0.717, 1.165) is 73.3 Å². The van der Waals surface area contributed by atoms with Crippen LogP contribution in [0.2, 0.25) is 0 Å². The molecule has 0 aliphatic rings. The van der Waals surface area contributed by atoms with E-state index in [0.29, 0.717) is 0 Å². The van der Waals surface area contributed by atoms with Gasteiger partial charge < -0.3 is 10.3 Å². The number of H-pyrrole nitrogens is 2. The average molecular weight is 516 g/mol. The van der Waals surface area contributed by atoms with Crippen LogP contribution >= 0.6 is 0 Å². The number of pyridine rings is 1. The van der Waals surface area contributed by atoms with Crippen molar-refractivity contribution in [1.82, 2.24) is 20.2 Å². The lowest BCUT2D eigenvalue weighted by Crippen LogP contribution is -2.10. The standard InChI is InChI=1S/C33H30FN5/c1-20(17-33(2,3)4)36-25-14-23(18-35-19-25)21-11-12-30-28(15-21)32(39-38-30)31-16-27-26(9-6-10-29(27)37-31)22-7-5-8-24(34)13-22/h5-16,18-19,36-37H,1,17H2,2-4H3,(H,38,39). The lowest BCUT2D eigenvalue weighted by molar-refractivity contribution is 0.411. The van der Waals surface area contributed by atoms with Gasteiger partial charge in [0.05, 0.1) is 23.1 Å². The molecule has 3 heterocycles. The van der Waals surface area contributed by atoms with Crippen LogP contribution in [0.3, 0.4) is 0 Å². The summed E-state index contributed by atoms with van der Waals surface area (Å²) >= 11 is 0. The van der Waals surface area contributed by atoms with Crippen molar-refractivity contribution in [2.24, 2.45) is 5.41 Å². The second-order valence-electron chi connectivity index (χ2n) is 11.2. The smallest absolute Gasteiger partial charge is 0.123 e. The zero-order valence-electron chi connectivity index (χ0n) is 22.3. The van der Waals surface area contributed by atoms with Crippen molar-refractivity contribution in [3.63, 3.8) is 0 Å². The van der Waals surface area contributed by atoms with Gasteiger partial charge in [-0.1, -0.05) is 57.7 Å². The molecule has 0 aliphatic heterocycles. The summed E-state index contributed by atoms with van der Waals surface area (Å²) < 4.78 is 14.0. The summed E-state index contributed by atoms with van der Waals surface area (Å²) in [5.41, 5.74) is 9.51. The zero-order chi connectivity index (χ0) is 27.1. The molecule has 6 heteroatoms. The van der Waals surface area contributed by atoms with Crippen molar-refractivity contribution in [3.8, 4) is 33.6 Å². The minimum Gasteiger partial charge on any atom is -0.358 e. The molecule has 0 fully saturated rings. The van der Waals surface area contributed by atoms with E-state index in [2.05, 4.69) is 77.1 Å². The summed E-state index contributed by atoms with van der Waals surface area (Å²) in [4.78, 5) is 7.99. The normalized spacial score (nSPS) is 11.8. The predicted molar refractivity (Wildman–Crippen MR) is 159 cm³/mol. The third kappa shape index (κ3) is 5.06. The van der Waals surface area contributed by atoms with Gasteiger partial charge in [-0.15, -0.1) is 0 Å². The van der Waals surface area contributed by atoms with Gasteiger partial charge in [-0.3, -0.25) is 10.1 Å². The van der Waals surface area contributed by atoms with Crippen LogP contribution in [0.25, 0.3) is 55.4 Å². The number of nitrogens with one attached hydrogen (secondary N) is 3. The minimum atomic E-state index is -0.252. The first-order valence-electron chi connectivity index (χ1n) is 13.0. The molecule has 0 bridgehead atoms. The number of aromatic amines is 2. The molecule has 39 heavy (non-hydrogen) atoms. The number of fused-ring (bicyclic) bond motifs is 2. The number of hydrogen-bond acceptors (Lipinski definition) is 3. The Labute approximate surface area is 226 Å². The van der Waals surface area contributed by atoms with Crippen molar-refractivity contribution in [1.29, 1.82) is 0 Å². The first-order valence-corrected chi connectivity index (χ1v) is 13.0. The fraction of sp³-hybridized carbons (Fsp3) is 0.152. The predicted octanol–water partition coefficient (Wildman–Crippen LogP) is 8.94. The number of nitrogens with zero attached hydrogens (tertiary/aromatic N) is 2. The first kappa shape index (κ1) is 24.6. The van der Waals surface area contributed by atoms with E-state index >= 15 is 0 Å². The van der Waals surface area contributed by atoms with Crippen LogP contribution in [0.15, 0.2) is 97.5 Å². The van der Waals surface area contributed by atoms with Gasteiger partial charge in [0.1, 0.15) is 11.5 Å². The van der Waals surface area contributed by atoms with Crippen LogP contribution in [0, 0.1) is 11.2 Å². The molecule has 3 aromatic carbocycles. The van der Waals surface area contributed by atoms with Gasteiger partial charge in [0.25, 0.3) is 0 Å². The van der Waals surface area contributed by atoms with E-state index in [-0.39, 0.29) is 11.2 Å². The Balaban J connectivity index is 1.37. The summed E-state index contributed by atoms with van der Waals surface area (Å²) in [5, 5.41) is 13.2. The molecular weight excluding hydrogens is 485 g/mol. The Hall–Kier alpha value is -4.71. The highest BCUT2D eigenvalue weighted by Crippen LogP contribution is 2.36. The summed E-state index contributed by atoms with van der Waals surface area (Å²) in [6, 6.07) is 23.1. The molecule has 6 rings (SSSR count). The fourth-order valence-corrected chi connectivity index (χ4v) is 5.14. The molecule has 0 atom stereocenters. The van der Waals surface area contributed by atoms with E-state index < -0.39 is 0 Å². The molecule has 0 saturated heterocycles. The Bertz CT molecular complexity index is 1840. The molecule has 0 aliphatic carbocycles. The topological polar surface area (TPSA) is 69.4 Å². The Morgan fingerprint density at radius 1 is 0.872 bits per heavy atom. The van der Waals surface area contributed by atoms with Crippen molar-refractivity contribution in [2.45, 2.75) is 27.2 Å². The number of aromatic nitrogens is 4. The van der Waals surface area contributed by atoms with E-state index in [1.165, 1.54) is 6.07 Å². The van der Waals surface area contributed by atoms with Crippen molar-refractivity contribution in [3.05, 3.63) is 103 Å². The number of hydrogen-bond donors (Lipinski definition) is 3. The average Bonchev–Trinajstić information content (AvgIpc) is 3.51. The van der Waals surface area contributed by atoms with Crippen LogP contribution < -0.4 is 5.32 Å². The molecule has 0 spiro atoms. The Kier molecular flexibility index (Phi) is 6.03. The molecular formula is C33H30FN5. The quantitative estimate of drug-likeness (QED) is 0.207. The molecule has 0 radical (unpaired) electrons. The van der Waals surface area contributed by atoms with Crippen LogP contribution in [0.5, 0.6) is 0 Å². The van der Waals surface area contributed by atoms with Gasteiger partial charge in [-0.25, -0.2) is 4.39 Å². The highest BCUT2D eigenvalue weighted by Gasteiger charge is 2.15. The first-order chi connectivity index (χ1) is 18.7. The molecule has 3 aromatic heterocycles. The van der Waals surface area contributed by atoms with E-state index in [4.69, 9.17) is 0 Å². The van der Waals surface area contributed by atoms with Crippen LogP contribution in [0.1, 0.15) is 27.2 Å². The highest BCUT2D eigenvalue weighted by molar-refractivity contribution is 6.01. The van der Waals surface area contributed by atoms with Gasteiger partial charge in [-0.2, -0.15) is 5.10 Å². The van der Waals surface area contributed by atoms with Crippen molar-refractivity contribution < 1.29 is 4.39 Å². The van der Waals surface area contributed by atoms with E-state index in [9.17, 15) is 4.39 Å². The van der Waals surface area contributed by atoms with Crippen LogP contribution in [0.4, 0.5) is 10.1 Å². The summed E-state index contributed by atoms with van der Waals surface area (Å²) in [5.74, 6) is -0.252. The maximum absolute atomic E-state index is 14.0. The number of anilines is 1. The summed E-state index contributed by atoms with van der Waals surface area (Å²) in [7, 11) is 0. The Morgan fingerprint density at radius 2 is 1.72 bits per heavy atom. The summed E-state index contributed by atoms with van der Waals surface area (Å²) in [6.07, 6.45) is 4.56. The lowest BCUT2D eigenvalue weighted by Gasteiger charge is -2.20.